The number of fused-ring (bicyclic) bond motifs is 6. The summed E-state index contributed by atoms with van der Waals surface area (Å²) in [6.07, 6.45) is 0. The molecule has 0 N–H and O–H groups in total. The smallest absolute Gasteiger partial charge is 0.143 e. The monoisotopic (exact) mass is 804 g/mol. The van der Waals surface area contributed by atoms with E-state index in [1.165, 1.54) is 38.5 Å². The summed E-state index contributed by atoms with van der Waals surface area (Å²) in [4.78, 5) is 2.36. The van der Waals surface area contributed by atoms with Gasteiger partial charge in [0.2, 0.25) is 0 Å². The van der Waals surface area contributed by atoms with Gasteiger partial charge in [-0.05, 0) is 112 Å². The molecule has 0 aliphatic heterocycles. The van der Waals surface area contributed by atoms with E-state index < -0.39 is 0 Å². The normalized spacial score (nSPS) is 11.5. The molecule has 0 atom stereocenters. The molecule has 0 radical (unpaired) electrons. The molecule has 2 heterocycles. The van der Waals surface area contributed by atoms with E-state index in [4.69, 9.17) is 4.42 Å². The Morgan fingerprint density at radius 3 is 1.56 bits per heavy atom. The number of hydrogen-bond donors (Lipinski definition) is 0. The first kappa shape index (κ1) is 36.5. The van der Waals surface area contributed by atoms with E-state index in [9.17, 15) is 0 Å². The van der Waals surface area contributed by atoms with Gasteiger partial charge in [0.15, 0.2) is 0 Å². The van der Waals surface area contributed by atoms with E-state index in [0.29, 0.717) is 0 Å². The molecule has 10 aromatic carbocycles. The quantitative estimate of drug-likeness (QED) is 0.153. The van der Waals surface area contributed by atoms with Crippen LogP contribution in [0.25, 0.3) is 93.9 Å². The van der Waals surface area contributed by atoms with Crippen molar-refractivity contribution in [3.05, 3.63) is 243 Å². The van der Waals surface area contributed by atoms with Gasteiger partial charge in [0.25, 0.3) is 0 Å². The van der Waals surface area contributed by atoms with Crippen molar-refractivity contribution < 1.29 is 4.42 Å². The number of benzene rings is 10. The molecule has 296 valence electrons. The van der Waals surface area contributed by atoms with Gasteiger partial charge < -0.3 is 13.9 Å². The standard InChI is InChI=1S/C60H40N2O/c1-4-14-41(15-5-1)45-18-12-21-51(38-45)61(49-32-26-42(27-33-49)46-31-37-59-56(39-46)55-24-13-23-52(60(55)63-59)44-16-6-2-7-17-44)50-34-28-43(29-35-50)47-30-36-54-53-22-10-11-25-57(53)62(58(54)40-47)48-19-8-3-9-20-48/h1-40H. The third kappa shape index (κ3) is 6.46. The van der Waals surface area contributed by atoms with Gasteiger partial charge in [-0.2, -0.15) is 0 Å². The molecular formula is C60H40N2O. The van der Waals surface area contributed by atoms with Crippen LogP contribution in [-0.4, -0.2) is 4.57 Å². The summed E-state index contributed by atoms with van der Waals surface area (Å²) < 4.78 is 8.88. The molecule has 63 heavy (non-hydrogen) atoms. The maximum atomic E-state index is 6.50. The fourth-order valence-electron chi connectivity index (χ4n) is 9.34. The average molecular weight is 805 g/mol. The fourth-order valence-corrected chi connectivity index (χ4v) is 9.34. The highest BCUT2D eigenvalue weighted by Crippen LogP contribution is 2.41. The number of hydrogen-bond acceptors (Lipinski definition) is 2. The minimum Gasteiger partial charge on any atom is -0.455 e. The van der Waals surface area contributed by atoms with Gasteiger partial charge in [-0.25, -0.2) is 0 Å². The Morgan fingerprint density at radius 2 is 0.825 bits per heavy atom. The lowest BCUT2D eigenvalue weighted by Gasteiger charge is -2.26. The molecule has 0 amide bonds. The molecule has 3 heteroatoms. The second kappa shape index (κ2) is 15.3. The third-order valence-corrected chi connectivity index (χ3v) is 12.4. The van der Waals surface area contributed by atoms with Gasteiger partial charge in [-0.15, -0.1) is 0 Å². The van der Waals surface area contributed by atoms with Crippen molar-refractivity contribution in [2.75, 3.05) is 4.90 Å². The minimum atomic E-state index is 0.889. The zero-order valence-corrected chi connectivity index (χ0v) is 34.4. The summed E-state index contributed by atoms with van der Waals surface area (Å²) in [5.74, 6) is 0. The Hall–Kier alpha value is -8.40. The summed E-state index contributed by atoms with van der Waals surface area (Å²) >= 11 is 0. The minimum absolute atomic E-state index is 0.889. The van der Waals surface area contributed by atoms with E-state index in [2.05, 4.69) is 246 Å². The number of aromatic nitrogens is 1. The first-order valence-corrected chi connectivity index (χ1v) is 21.5. The van der Waals surface area contributed by atoms with Crippen LogP contribution in [0.2, 0.25) is 0 Å². The summed E-state index contributed by atoms with van der Waals surface area (Å²) in [6.45, 7) is 0. The van der Waals surface area contributed by atoms with E-state index in [0.717, 1.165) is 72.5 Å². The number of furan rings is 1. The van der Waals surface area contributed by atoms with Crippen LogP contribution in [0.5, 0.6) is 0 Å². The summed E-state index contributed by atoms with van der Waals surface area (Å²) in [5, 5.41) is 4.74. The fraction of sp³-hybridized carbons (Fsp3) is 0. The second-order valence-corrected chi connectivity index (χ2v) is 16.1. The molecule has 2 aromatic heterocycles. The van der Waals surface area contributed by atoms with E-state index in [1.54, 1.807) is 0 Å². The Kier molecular flexibility index (Phi) is 8.83. The van der Waals surface area contributed by atoms with Crippen LogP contribution >= 0.6 is 0 Å². The van der Waals surface area contributed by atoms with Gasteiger partial charge in [0.05, 0.1) is 11.0 Å². The topological polar surface area (TPSA) is 21.3 Å². The van der Waals surface area contributed by atoms with E-state index >= 15 is 0 Å². The van der Waals surface area contributed by atoms with Gasteiger partial charge in [0, 0.05) is 49.9 Å². The van der Waals surface area contributed by atoms with Crippen LogP contribution in [0.15, 0.2) is 247 Å². The molecule has 0 aliphatic carbocycles. The van der Waals surface area contributed by atoms with Gasteiger partial charge >= 0.3 is 0 Å². The van der Waals surface area contributed by atoms with Crippen molar-refractivity contribution in [2.45, 2.75) is 0 Å². The molecule has 0 saturated heterocycles. The molecule has 0 bridgehead atoms. The Morgan fingerprint density at radius 1 is 0.302 bits per heavy atom. The lowest BCUT2D eigenvalue weighted by molar-refractivity contribution is 0.670. The molecular weight excluding hydrogens is 765 g/mol. The summed E-state index contributed by atoms with van der Waals surface area (Å²) in [5.41, 5.74) is 17.9. The molecule has 0 spiro atoms. The van der Waals surface area contributed by atoms with Crippen molar-refractivity contribution in [1.29, 1.82) is 0 Å². The second-order valence-electron chi connectivity index (χ2n) is 16.1. The third-order valence-electron chi connectivity index (χ3n) is 12.4. The highest BCUT2D eigenvalue weighted by molar-refractivity contribution is 6.11. The molecule has 0 unspecified atom stereocenters. The van der Waals surface area contributed by atoms with Crippen molar-refractivity contribution in [3.8, 4) is 50.2 Å². The SMILES string of the molecule is c1ccc(-c2cccc(N(c3ccc(-c4ccc5oc6c(-c7ccccc7)cccc6c5c4)cc3)c3ccc(-c4ccc5c6ccccc6n(-c6ccccc6)c5c4)cc3)c2)cc1. The zero-order chi connectivity index (χ0) is 41.7. The lowest BCUT2D eigenvalue weighted by atomic mass is 9.99. The van der Waals surface area contributed by atoms with Gasteiger partial charge in [-0.3, -0.25) is 0 Å². The average Bonchev–Trinajstić information content (AvgIpc) is 3.91. The van der Waals surface area contributed by atoms with Crippen molar-refractivity contribution in [2.24, 2.45) is 0 Å². The van der Waals surface area contributed by atoms with E-state index in [-0.39, 0.29) is 0 Å². The number of anilines is 3. The van der Waals surface area contributed by atoms with Crippen LogP contribution < -0.4 is 4.90 Å². The molecule has 12 rings (SSSR count). The van der Waals surface area contributed by atoms with Crippen molar-refractivity contribution >= 4 is 60.8 Å². The Labute approximate surface area is 366 Å². The summed E-state index contributed by atoms with van der Waals surface area (Å²) in [7, 11) is 0. The maximum absolute atomic E-state index is 6.50. The molecule has 0 aliphatic rings. The molecule has 0 fully saturated rings. The number of rotatable bonds is 8. The first-order valence-electron chi connectivity index (χ1n) is 21.5. The van der Waals surface area contributed by atoms with Gasteiger partial charge in [0.1, 0.15) is 11.2 Å². The molecule has 12 aromatic rings. The largest absolute Gasteiger partial charge is 0.455 e. The van der Waals surface area contributed by atoms with Crippen LogP contribution in [0, 0.1) is 0 Å². The lowest BCUT2D eigenvalue weighted by Crippen LogP contribution is -2.10. The van der Waals surface area contributed by atoms with Crippen LogP contribution in [-0.2, 0) is 0 Å². The predicted octanol–water partition coefficient (Wildman–Crippen LogP) is 16.8. The van der Waals surface area contributed by atoms with Crippen LogP contribution in [0.3, 0.4) is 0 Å². The van der Waals surface area contributed by atoms with Crippen molar-refractivity contribution in [1.82, 2.24) is 4.57 Å². The van der Waals surface area contributed by atoms with Gasteiger partial charge in [-0.1, -0.05) is 170 Å². The predicted molar refractivity (Wildman–Crippen MR) is 264 cm³/mol. The number of nitrogens with zero attached hydrogens (tertiary/aromatic N) is 2. The maximum Gasteiger partial charge on any atom is 0.143 e. The van der Waals surface area contributed by atoms with Crippen LogP contribution in [0.4, 0.5) is 17.1 Å². The number of para-hydroxylation sites is 3. The Bertz CT molecular complexity index is 3590. The molecule has 0 saturated carbocycles. The van der Waals surface area contributed by atoms with E-state index in [1.807, 2.05) is 6.07 Å². The first-order chi connectivity index (χ1) is 31.2. The molecule has 3 nitrogen and oxygen atoms in total. The van der Waals surface area contributed by atoms with Crippen LogP contribution in [0.1, 0.15) is 0 Å². The summed E-state index contributed by atoms with van der Waals surface area (Å²) in [6, 6.07) is 87.0. The highest BCUT2D eigenvalue weighted by atomic mass is 16.3. The zero-order valence-electron chi connectivity index (χ0n) is 34.4. The highest BCUT2D eigenvalue weighted by Gasteiger charge is 2.18. The van der Waals surface area contributed by atoms with Crippen molar-refractivity contribution in [3.63, 3.8) is 0 Å². The Balaban J connectivity index is 0.926.